The number of rotatable bonds is 15. The van der Waals surface area contributed by atoms with E-state index >= 15 is 0 Å². The van der Waals surface area contributed by atoms with Crippen LogP contribution in [0, 0.1) is 0 Å². The van der Waals surface area contributed by atoms with Crippen molar-refractivity contribution in [2.45, 2.75) is 44.5 Å². The summed E-state index contributed by atoms with van der Waals surface area (Å²) in [6.45, 7) is 5.86. The molecule has 246 valence electrons. The molecule has 4 N–H and O–H groups in total. The molecule has 2 aromatic carbocycles. The number of ether oxygens (including phenoxy) is 1. The fourth-order valence-electron chi connectivity index (χ4n) is 4.54. The van der Waals surface area contributed by atoms with Crippen LogP contribution in [0.25, 0.3) is 22.2 Å². The molecule has 15 heteroatoms. The summed E-state index contributed by atoms with van der Waals surface area (Å²) in [5.41, 5.74) is 2.03. The third-order valence-electron chi connectivity index (χ3n) is 6.66. The van der Waals surface area contributed by atoms with E-state index in [4.69, 9.17) is 16.3 Å². The van der Waals surface area contributed by atoms with Crippen molar-refractivity contribution in [1.82, 2.24) is 29.7 Å². The van der Waals surface area contributed by atoms with Crippen molar-refractivity contribution in [2.75, 3.05) is 32.7 Å². The normalized spacial score (nSPS) is 12.1. The zero-order valence-corrected chi connectivity index (χ0v) is 27.3. The third kappa shape index (κ3) is 9.71. The lowest BCUT2D eigenvalue weighted by molar-refractivity contribution is -0.153. The summed E-state index contributed by atoms with van der Waals surface area (Å²) in [5, 5.41) is 20.9. The summed E-state index contributed by atoms with van der Waals surface area (Å²) in [5.74, 6) is -1.65. The van der Waals surface area contributed by atoms with Gasteiger partial charge < -0.3 is 25.5 Å². The quantitative estimate of drug-likeness (QED) is 0.109. The summed E-state index contributed by atoms with van der Waals surface area (Å²) in [7, 11) is -4.12. The fraction of sp³-hybridized carbons (Fsp3) is 0.355. The lowest BCUT2D eigenvalue weighted by Crippen LogP contribution is -2.40. The number of nitrogens with zero attached hydrogens (tertiary/aromatic N) is 3. The number of halogens is 1. The minimum atomic E-state index is -4.12. The molecule has 0 amide bonds. The molecule has 0 spiro atoms. The molecule has 0 radical (unpaired) electrons. The van der Waals surface area contributed by atoms with Crippen molar-refractivity contribution in [1.29, 1.82) is 0 Å². The highest BCUT2D eigenvalue weighted by atomic mass is 35.5. The number of fused-ring (bicyclic) bond motifs is 1. The first-order valence-electron chi connectivity index (χ1n) is 14.5. The number of aromatic nitrogens is 3. The topological polar surface area (TPSA) is 176 Å². The Kier molecular flexibility index (Phi) is 11.3. The van der Waals surface area contributed by atoms with Crippen molar-refractivity contribution < 1.29 is 27.9 Å². The second-order valence-corrected chi connectivity index (χ2v) is 13.9. The summed E-state index contributed by atoms with van der Waals surface area (Å²) >= 11 is 6.01. The van der Waals surface area contributed by atoms with E-state index < -0.39 is 28.1 Å². The molecule has 0 fully saturated rings. The zero-order valence-electron chi connectivity index (χ0n) is 25.7. The standard InChI is InChI=1S/C31H37ClN6O7S/c1-31(2,3)45-30(42)19-34-13-15-38-28(39)11-10-26(36-38)22-6-4-21(5-7-22)18-33-12-14-37(20-29(40)41)46(43,44)27-17-23-16-24(32)8-9-25(23)35-27/h4-11,16-17,33-35H,12-15,18-20H2,1-3H3,(H,40,41). The van der Waals surface area contributed by atoms with Gasteiger partial charge in [0, 0.05) is 53.7 Å². The number of aliphatic carboxylic acids is 1. The van der Waals surface area contributed by atoms with Crippen LogP contribution in [0.4, 0.5) is 0 Å². The minimum absolute atomic E-state index is 0.0222. The Bertz CT molecular complexity index is 1850. The van der Waals surface area contributed by atoms with Crippen LogP contribution < -0.4 is 16.2 Å². The molecule has 0 aliphatic rings. The number of hydrogen-bond donors (Lipinski definition) is 4. The second kappa shape index (κ2) is 15.0. The van der Waals surface area contributed by atoms with Crippen molar-refractivity contribution >= 4 is 44.5 Å². The number of carboxylic acids is 1. The summed E-state index contributed by atoms with van der Waals surface area (Å²) in [6.07, 6.45) is 0. The highest BCUT2D eigenvalue weighted by Crippen LogP contribution is 2.24. The van der Waals surface area contributed by atoms with Crippen LogP contribution in [0.2, 0.25) is 5.02 Å². The predicted octanol–water partition coefficient (Wildman–Crippen LogP) is 2.84. The highest BCUT2D eigenvalue weighted by molar-refractivity contribution is 7.89. The molecule has 0 saturated heterocycles. The number of nitrogens with one attached hydrogen (secondary N) is 3. The molecular weight excluding hydrogens is 636 g/mol. The lowest BCUT2D eigenvalue weighted by Gasteiger charge is -2.19. The van der Waals surface area contributed by atoms with Crippen LogP contribution >= 0.6 is 11.6 Å². The first-order valence-corrected chi connectivity index (χ1v) is 16.3. The van der Waals surface area contributed by atoms with E-state index in [-0.39, 0.29) is 42.7 Å². The maximum absolute atomic E-state index is 13.3. The fourth-order valence-corrected chi connectivity index (χ4v) is 6.12. The average Bonchev–Trinajstić information content (AvgIpc) is 3.41. The van der Waals surface area contributed by atoms with E-state index in [9.17, 15) is 27.9 Å². The molecule has 46 heavy (non-hydrogen) atoms. The van der Waals surface area contributed by atoms with Gasteiger partial charge in [-0.05, 0) is 56.7 Å². The number of H-pyrrole nitrogens is 1. The molecule has 0 aliphatic heterocycles. The summed E-state index contributed by atoms with van der Waals surface area (Å²) in [4.78, 5) is 38.5. The monoisotopic (exact) mass is 672 g/mol. The number of sulfonamides is 1. The van der Waals surface area contributed by atoms with Crippen LogP contribution in [0.5, 0.6) is 0 Å². The van der Waals surface area contributed by atoms with Gasteiger partial charge in [-0.1, -0.05) is 35.9 Å². The molecule has 0 saturated carbocycles. The Morgan fingerprint density at radius 2 is 1.78 bits per heavy atom. The van der Waals surface area contributed by atoms with E-state index in [1.807, 2.05) is 24.3 Å². The van der Waals surface area contributed by atoms with E-state index in [0.717, 1.165) is 15.4 Å². The van der Waals surface area contributed by atoms with Gasteiger partial charge in [-0.25, -0.2) is 13.1 Å². The van der Waals surface area contributed by atoms with E-state index in [1.54, 1.807) is 45.0 Å². The summed E-state index contributed by atoms with van der Waals surface area (Å²) in [6, 6.07) is 16.9. The average molecular weight is 673 g/mol. The van der Waals surface area contributed by atoms with Gasteiger partial charge in [0.25, 0.3) is 15.6 Å². The number of carbonyl (C=O) groups is 2. The number of benzene rings is 2. The molecule has 13 nitrogen and oxygen atoms in total. The summed E-state index contributed by atoms with van der Waals surface area (Å²) < 4.78 is 34.0. The second-order valence-electron chi connectivity index (χ2n) is 11.5. The number of carbonyl (C=O) groups excluding carboxylic acids is 1. The largest absolute Gasteiger partial charge is 0.480 e. The maximum atomic E-state index is 13.3. The van der Waals surface area contributed by atoms with Gasteiger partial charge in [-0.15, -0.1) is 0 Å². The van der Waals surface area contributed by atoms with E-state index in [1.165, 1.54) is 16.8 Å². The molecule has 0 bridgehead atoms. The first kappa shape index (κ1) is 34.8. The van der Waals surface area contributed by atoms with Gasteiger partial charge in [0.1, 0.15) is 17.2 Å². The van der Waals surface area contributed by atoms with Gasteiger partial charge in [0.05, 0.1) is 18.8 Å². The van der Waals surface area contributed by atoms with Crippen LogP contribution in [-0.4, -0.2) is 82.9 Å². The molecule has 4 rings (SSSR count). The van der Waals surface area contributed by atoms with Crippen LogP contribution in [0.1, 0.15) is 26.3 Å². The van der Waals surface area contributed by atoms with Crippen molar-refractivity contribution in [3.63, 3.8) is 0 Å². The maximum Gasteiger partial charge on any atom is 0.320 e. The number of carboxylic acid groups (broad SMARTS) is 1. The zero-order chi connectivity index (χ0) is 33.5. The SMILES string of the molecule is CC(C)(C)OC(=O)CNCCn1nc(-c2ccc(CNCCN(CC(=O)O)S(=O)(=O)c3cc4cc(Cl)ccc4[nH]3)cc2)ccc1=O. The van der Waals surface area contributed by atoms with Gasteiger partial charge in [0.2, 0.25) is 0 Å². The number of esters is 1. The van der Waals surface area contributed by atoms with Crippen LogP contribution in [0.3, 0.4) is 0 Å². The van der Waals surface area contributed by atoms with Gasteiger partial charge in [0.15, 0.2) is 0 Å². The van der Waals surface area contributed by atoms with E-state index in [0.29, 0.717) is 34.7 Å². The Morgan fingerprint density at radius 3 is 2.48 bits per heavy atom. The molecular formula is C31H37ClN6O7S. The predicted molar refractivity (Wildman–Crippen MR) is 174 cm³/mol. The lowest BCUT2D eigenvalue weighted by atomic mass is 10.1. The Hall–Kier alpha value is -4.08. The Labute approximate surface area is 271 Å². The smallest absolute Gasteiger partial charge is 0.320 e. The van der Waals surface area contributed by atoms with Crippen LogP contribution in [-0.2, 0) is 37.4 Å². The van der Waals surface area contributed by atoms with Crippen molar-refractivity contribution in [3.05, 3.63) is 81.6 Å². The third-order valence-corrected chi connectivity index (χ3v) is 8.66. The Balaban J connectivity index is 1.31. The molecule has 2 heterocycles. The molecule has 2 aromatic heterocycles. The molecule has 0 unspecified atom stereocenters. The Morgan fingerprint density at radius 1 is 1.04 bits per heavy atom. The number of hydrogen-bond acceptors (Lipinski definition) is 9. The number of aromatic amines is 1. The highest BCUT2D eigenvalue weighted by Gasteiger charge is 2.28. The van der Waals surface area contributed by atoms with Crippen molar-refractivity contribution in [2.24, 2.45) is 0 Å². The molecule has 0 aliphatic carbocycles. The molecule has 4 aromatic rings. The first-order chi connectivity index (χ1) is 21.7. The van der Waals surface area contributed by atoms with Crippen molar-refractivity contribution in [3.8, 4) is 11.3 Å². The van der Waals surface area contributed by atoms with Gasteiger partial charge in [-0.3, -0.25) is 14.4 Å². The van der Waals surface area contributed by atoms with Crippen LogP contribution in [0.15, 0.2) is 70.5 Å². The molecule has 0 atom stereocenters. The van der Waals surface area contributed by atoms with E-state index in [2.05, 4.69) is 20.7 Å². The van der Waals surface area contributed by atoms with Gasteiger partial charge in [-0.2, -0.15) is 9.40 Å². The van der Waals surface area contributed by atoms with Gasteiger partial charge >= 0.3 is 11.9 Å². The minimum Gasteiger partial charge on any atom is -0.480 e.